The number of ether oxygens (including phenoxy) is 2. The Balaban J connectivity index is 1.32. The van der Waals surface area contributed by atoms with E-state index in [1.165, 1.54) is 11.2 Å². The zero-order chi connectivity index (χ0) is 35.1. The molecule has 2 amide bonds. The first-order chi connectivity index (χ1) is 23.2. The molecule has 2 aliphatic carbocycles. The molecular formula is C36H48N4O8S. The van der Waals surface area contributed by atoms with Crippen molar-refractivity contribution in [2.75, 3.05) is 13.2 Å². The Kier molecular flexibility index (Phi) is 9.78. The van der Waals surface area contributed by atoms with E-state index in [1.54, 1.807) is 0 Å². The van der Waals surface area contributed by atoms with Gasteiger partial charge in [0.2, 0.25) is 27.7 Å². The van der Waals surface area contributed by atoms with E-state index in [0.717, 1.165) is 35.7 Å². The van der Waals surface area contributed by atoms with Crippen molar-refractivity contribution in [1.29, 1.82) is 0 Å². The molecule has 1 aromatic heterocycles. The summed E-state index contributed by atoms with van der Waals surface area (Å²) in [6.07, 6.45) is 5.98. The van der Waals surface area contributed by atoms with Crippen molar-refractivity contribution >= 4 is 44.5 Å². The van der Waals surface area contributed by atoms with Crippen LogP contribution in [0.2, 0.25) is 0 Å². The van der Waals surface area contributed by atoms with Crippen LogP contribution in [0.5, 0.6) is 5.88 Å². The van der Waals surface area contributed by atoms with Crippen LogP contribution >= 0.6 is 0 Å². The number of hydrogen-bond donors (Lipinski definition) is 1. The molecule has 1 N–H and O–H groups in total. The zero-order valence-electron chi connectivity index (χ0n) is 28.9. The average Bonchev–Trinajstić information content (AvgIpc) is 3.97. The standard InChI is InChI=1S/C36H48N4O8S/c1-5-23-18-36(23,34(44)39-49(45,46)25-11-12-25)19-30(41)29-16-24-20-40(29)33(43)27(35(2,3)4)17-31(42)47-14-8-6-7-9-22-10-13-28-26(15-22)32(48-24)38-21-37-28/h10,13,15,21,23-25,27,29H,5-9,11-12,14,16-20H2,1-4H3,(H,39,44)/t23-,24-,27-,29+,36-/m1/s1. The third-order valence-electron chi connectivity index (χ3n) is 10.8. The van der Waals surface area contributed by atoms with E-state index in [9.17, 15) is 27.6 Å². The number of carbonyl (C=O) groups excluding carboxylic acids is 4. The van der Waals surface area contributed by atoms with Crippen molar-refractivity contribution in [2.45, 2.75) is 116 Å². The lowest BCUT2D eigenvalue weighted by atomic mass is 9.77. The highest BCUT2D eigenvalue weighted by Gasteiger charge is 2.61. The van der Waals surface area contributed by atoms with Gasteiger partial charge in [-0.15, -0.1) is 0 Å². The number of cyclic esters (lactones) is 1. The van der Waals surface area contributed by atoms with E-state index in [0.29, 0.717) is 38.0 Å². The Morgan fingerprint density at radius 2 is 1.88 bits per heavy atom. The maximum Gasteiger partial charge on any atom is 0.306 e. The molecule has 2 saturated carbocycles. The van der Waals surface area contributed by atoms with Crippen molar-refractivity contribution in [2.24, 2.45) is 22.7 Å². The number of nitrogens with one attached hydrogen (secondary N) is 1. The van der Waals surface area contributed by atoms with Crippen LogP contribution in [0.15, 0.2) is 24.5 Å². The van der Waals surface area contributed by atoms with Gasteiger partial charge >= 0.3 is 5.97 Å². The van der Waals surface area contributed by atoms with Crippen molar-refractivity contribution in [3.05, 3.63) is 30.1 Å². The van der Waals surface area contributed by atoms with Crippen LogP contribution in [0.1, 0.15) is 97.5 Å². The quantitative estimate of drug-likeness (QED) is 0.414. The Morgan fingerprint density at radius 3 is 2.57 bits per heavy atom. The van der Waals surface area contributed by atoms with Gasteiger partial charge < -0.3 is 14.4 Å². The van der Waals surface area contributed by atoms with Gasteiger partial charge in [0.1, 0.15) is 12.4 Å². The lowest BCUT2D eigenvalue weighted by molar-refractivity contribution is -0.153. The second-order valence-electron chi connectivity index (χ2n) is 15.5. The van der Waals surface area contributed by atoms with Crippen molar-refractivity contribution in [1.82, 2.24) is 19.6 Å². The summed E-state index contributed by atoms with van der Waals surface area (Å²) in [4.78, 5) is 65.7. The highest BCUT2D eigenvalue weighted by atomic mass is 32.2. The number of amides is 2. The topological polar surface area (TPSA) is 162 Å². The number of sulfonamides is 1. The third-order valence-corrected chi connectivity index (χ3v) is 12.6. The Hall–Kier alpha value is -3.61. The van der Waals surface area contributed by atoms with Gasteiger partial charge in [-0.1, -0.05) is 40.2 Å². The molecule has 12 nitrogen and oxygen atoms in total. The van der Waals surface area contributed by atoms with Crippen LogP contribution < -0.4 is 9.46 Å². The number of rotatable bonds is 7. The van der Waals surface area contributed by atoms with Gasteiger partial charge in [0.25, 0.3) is 0 Å². The molecule has 13 heteroatoms. The highest BCUT2D eigenvalue weighted by Crippen LogP contribution is 2.58. The van der Waals surface area contributed by atoms with E-state index in [2.05, 4.69) is 14.7 Å². The van der Waals surface area contributed by atoms with Gasteiger partial charge in [-0.25, -0.2) is 18.4 Å². The molecule has 3 fully saturated rings. The van der Waals surface area contributed by atoms with Gasteiger partial charge in [-0.2, -0.15) is 0 Å². The minimum atomic E-state index is -3.80. The summed E-state index contributed by atoms with van der Waals surface area (Å²) < 4.78 is 39.7. The fourth-order valence-electron chi connectivity index (χ4n) is 7.51. The number of aromatic nitrogens is 2. The van der Waals surface area contributed by atoms with Crippen LogP contribution in [0.3, 0.4) is 0 Å². The van der Waals surface area contributed by atoms with Crippen LogP contribution in [0.25, 0.3) is 10.9 Å². The van der Waals surface area contributed by atoms with Gasteiger partial charge in [0, 0.05) is 12.8 Å². The number of carbonyl (C=O) groups is 4. The number of esters is 1. The van der Waals surface area contributed by atoms with Gasteiger partial charge in [-0.3, -0.25) is 23.9 Å². The van der Waals surface area contributed by atoms with Gasteiger partial charge in [0.15, 0.2) is 5.78 Å². The fraction of sp³-hybridized carbons (Fsp3) is 0.667. The molecule has 2 aliphatic heterocycles. The minimum Gasteiger partial charge on any atom is -0.472 e. The smallest absolute Gasteiger partial charge is 0.306 e. The Bertz CT molecular complexity index is 1740. The average molecular weight is 697 g/mol. The second kappa shape index (κ2) is 13.6. The summed E-state index contributed by atoms with van der Waals surface area (Å²) in [5.74, 6) is -2.35. The molecule has 1 saturated heterocycles. The van der Waals surface area contributed by atoms with Crippen molar-refractivity contribution in [3.8, 4) is 5.88 Å². The SMILES string of the molecule is CC[C@@H]1C[C@]1(CC(=O)[C@@H]1C[C@@H]2CN1C(=O)[C@H](C(C)(C)C)CC(=O)OCCCCCc1ccc3ncnc(c3c1)O2)C(=O)NS(=O)(=O)C1CC1. The summed E-state index contributed by atoms with van der Waals surface area (Å²) in [6.45, 7) is 7.91. The summed E-state index contributed by atoms with van der Waals surface area (Å²) in [6, 6.07) is 5.03. The molecule has 6 rings (SSSR count). The molecule has 0 spiro atoms. The van der Waals surface area contributed by atoms with Crippen molar-refractivity contribution < 1.29 is 37.1 Å². The lowest BCUT2D eigenvalue weighted by Crippen LogP contribution is -2.48. The van der Waals surface area contributed by atoms with Crippen LogP contribution in [0, 0.1) is 22.7 Å². The maximum atomic E-state index is 14.5. The Labute approximate surface area is 288 Å². The first kappa shape index (κ1) is 35.2. The molecule has 2 aromatic rings. The number of ketones is 1. The zero-order valence-corrected chi connectivity index (χ0v) is 29.7. The first-order valence-electron chi connectivity index (χ1n) is 17.7. The molecule has 4 aliphatic rings. The summed E-state index contributed by atoms with van der Waals surface area (Å²) in [5, 5.41) is 0.170. The van der Waals surface area contributed by atoms with Crippen LogP contribution in [-0.4, -0.2) is 77.4 Å². The van der Waals surface area contributed by atoms with Crippen molar-refractivity contribution in [3.63, 3.8) is 0 Å². The normalized spacial score (nSPS) is 28.4. The molecule has 0 unspecified atom stereocenters. The van der Waals surface area contributed by atoms with E-state index in [-0.39, 0.29) is 50.0 Å². The number of Topliss-reactive ketones (excluding diaryl/α,β-unsaturated/α-hetero) is 1. The van der Waals surface area contributed by atoms with E-state index in [4.69, 9.17) is 9.47 Å². The molecule has 1 aromatic carbocycles. The molecule has 4 bridgehead atoms. The maximum absolute atomic E-state index is 14.5. The van der Waals surface area contributed by atoms with E-state index < -0.39 is 56.0 Å². The van der Waals surface area contributed by atoms with Gasteiger partial charge in [0.05, 0.1) is 53.1 Å². The first-order valence-corrected chi connectivity index (χ1v) is 19.2. The molecule has 266 valence electrons. The highest BCUT2D eigenvalue weighted by molar-refractivity contribution is 7.90. The molecular weight excluding hydrogens is 648 g/mol. The lowest BCUT2D eigenvalue weighted by Gasteiger charge is -2.34. The molecule has 49 heavy (non-hydrogen) atoms. The Morgan fingerprint density at radius 1 is 1.10 bits per heavy atom. The number of aryl methyl sites for hydroxylation is 1. The predicted molar refractivity (Wildman–Crippen MR) is 181 cm³/mol. The summed E-state index contributed by atoms with van der Waals surface area (Å²) >= 11 is 0. The van der Waals surface area contributed by atoms with E-state index >= 15 is 0 Å². The number of fused-ring (bicyclic) bond motifs is 3. The fourth-order valence-corrected chi connectivity index (χ4v) is 8.90. The number of hydrogen-bond acceptors (Lipinski definition) is 10. The minimum absolute atomic E-state index is 0.0779. The molecule has 0 radical (unpaired) electrons. The largest absolute Gasteiger partial charge is 0.472 e. The number of nitrogens with zero attached hydrogens (tertiary/aromatic N) is 3. The summed E-state index contributed by atoms with van der Waals surface area (Å²) in [5.41, 5.74) is 0.0250. The molecule has 3 heterocycles. The van der Waals surface area contributed by atoms with Crippen LogP contribution in [-0.2, 0) is 40.4 Å². The third kappa shape index (κ3) is 7.61. The van der Waals surface area contributed by atoms with Gasteiger partial charge in [-0.05, 0) is 74.0 Å². The summed E-state index contributed by atoms with van der Waals surface area (Å²) in [7, 11) is -3.80. The van der Waals surface area contributed by atoms with Crippen LogP contribution in [0.4, 0.5) is 0 Å². The van der Waals surface area contributed by atoms with E-state index in [1.807, 2.05) is 45.9 Å². The number of benzene rings is 1. The predicted octanol–water partition coefficient (Wildman–Crippen LogP) is 4.28. The monoisotopic (exact) mass is 696 g/mol. The second-order valence-corrected chi connectivity index (χ2v) is 17.4. The molecule has 5 atom stereocenters.